The molecule has 6 aromatic rings. The Hall–Kier alpha value is -4.83. The molecule has 0 bridgehead atoms. The van der Waals surface area contributed by atoms with Crippen molar-refractivity contribution >= 4 is 11.6 Å². The molecule has 2 saturated heterocycles. The van der Waals surface area contributed by atoms with Crippen LogP contribution in [-0.2, 0) is 73.3 Å². The van der Waals surface area contributed by atoms with Crippen molar-refractivity contribution in [2.75, 3.05) is 13.2 Å². The number of epoxide rings is 1. The van der Waals surface area contributed by atoms with Crippen LogP contribution in [0.25, 0.3) is 0 Å². The molecule has 0 saturated carbocycles. The fourth-order valence-electron chi connectivity index (χ4n) is 8.39. The molecular formula is C53H55ClO7. The molecule has 2 heterocycles. The van der Waals surface area contributed by atoms with Gasteiger partial charge in [-0.15, -0.1) is 0 Å². The minimum absolute atomic E-state index is 0.00191. The van der Waals surface area contributed by atoms with Gasteiger partial charge in [-0.3, -0.25) is 0 Å². The summed E-state index contributed by atoms with van der Waals surface area (Å²) in [6, 6.07) is 52.6. The molecule has 2 fully saturated rings. The largest absolute Gasteiger partial charge is 0.508 e. The van der Waals surface area contributed by atoms with Crippen molar-refractivity contribution in [1.29, 1.82) is 0 Å². The minimum Gasteiger partial charge on any atom is -0.508 e. The van der Waals surface area contributed by atoms with Crippen LogP contribution < -0.4 is 0 Å². The molecule has 0 spiro atoms. The number of aromatic hydroxyl groups is 1. The van der Waals surface area contributed by atoms with Gasteiger partial charge in [-0.1, -0.05) is 164 Å². The average molecular weight is 839 g/mol. The van der Waals surface area contributed by atoms with Crippen molar-refractivity contribution in [3.8, 4) is 5.75 Å². The maximum atomic E-state index is 12.2. The highest BCUT2D eigenvalue weighted by molar-refractivity contribution is 6.31. The van der Waals surface area contributed by atoms with Gasteiger partial charge < -0.3 is 33.5 Å². The lowest BCUT2D eigenvalue weighted by atomic mass is 9.73. The molecular weight excluding hydrogens is 784 g/mol. The van der Waals surface area contributed by atoms with E-state index >= 15 is 0 Å². The van der Waals surface area contributed by atoms with Crippen molar-refractivity contribution < 1.29 is 33.5 Å². The van der Waals surface area contributed by atoms with Gasteiger partial charge in [0.15, 0.2) is 0 Å². The number of aryl methyl sites for hydroxylation is 1. The summed E-state index contributed by atoms with van der Waals surface area (Å²) in [5, 5.41) is 12.7. The molecule has 8 heteroatoms. The van der Waals surface area contributed by atoms with E-state index < -0.39 is 35.6 Å². The van der Waals surface area contributed by atoms with Crippen molar-refractivity contribution in [1.82, 2.24) is 0 Å². The highest BCUT2D eigenvalue weighted by Crippen LogP contribution is 2.53. The summed E-state index contributed by atoms with van der Waals surface area (Å²) in [6.45, 7) is 6.14. The fraction of sp³-hybridized carbons (Fsp3) is 0.321. The first kappa shape index (κ1) is 42.8. The third kappa shape index (κ3) is 10.8. The van der Waals surface area contributed by atoms with Crippen LogP contribution in [0.5, 0.6) is 5.75 Å². The van der Waals surface area contributed by atoms with Gasteiger partial charge in [0.25, 0.3) is 0 Å². The topological polar surface area (TPSA) is 78.9 Å². The minimum atomic E-state index is -1.33. The number of benzene rings is 6. The van der Waals surface area contributed by atoms with Crippen LogP contribution >= 0.6 is 11.6 Å². The van der Waals surface area contributed by atoms with Gasteiger partial charge in [-0.2, -0.15) is 0 Å². The average Bonchev–Trinajstić information content (AvgIpc) is 4.02. The van der Waals surface area contributed by atoms with Gasteiger partial charge in [0.1, 0.15) is 35.8 Å². The summed E-state index contributed by atoms with van der Waals surface area (Å²) in [7, 11) is 0. The Bertz CT molecular complexity index is 2270. The van der Waals surface area contributed by atoms with E-state index in [0.717, 1.165) is 39.8 Å². The number of rotatable bonds is 19. The number of halogens is 1. The van der Waals surface area contributed by atoms with Crippen LogP contribution in [0.1, 0.15) is 64.8 Å². The van der Waals surface area contributed by atoms with E-state index in [1.165, 1.54) is 5.56 Å². The summed E-state index contributed by atoms with van der Waals surface area (Å²) in [5.74, 6) is 0.00191. The van der Waals surface area contributed by atoms with E-state index in [2.05, 4.69) is 50.2 Å². The molecule has 0 amide bonds. The Kier molecular flexibility index (Phi) is 14.0. The van der Waals surface area contributed by atoms with E-state index in [9.17, 15) is 5.11 Å². The SMILES string of the molecule is CCc1ccc(Cc2cc([C@@]3(CC4(C)CO4)O[C@H](COCc4ccccc4)[C@@H](OCc4ccccc4)[C@H](OCc4ccccc4)[C@H]3OCc3ccccc3)c(O)cc2Cl)cc1. The van der Waals surface area contributed by atoms with E-state index in [1.54, 1.807) is 6.07 Å². The van der Waals surface area contributed by atoms with Gasteiger partial charge >= 0.3 is 0 Å². The van der Waals surface area contributed by atoms with Gasteiger partial charge in [0.2, 0.25) is 0 Å². The molecule has 1 unspecified atom stereocenters. The number of phenolic OH excluding ortho intramolecular Hbond substituents is 1. The first-order valence-corrected chi connectivity index (χ1v) is 21.7. The second kappa shape index (κ2) is 19.9. The van der Waals surface area contributed by atoms with Gasteiger partial charge in [0, 0.05) is 17.0 Å². The Morgan fingerprint density at radius 2 is 1.11 bits per heavy atom. The Morgan fingerprint density at radius 3 is 1.64 bits per heavy atom. The summed E-state index contributed by atoms with van der Waals surface area (Å²) >= 11 is 7.02. The van der Waals surface area contributed by atoms with Crippen LogP contribution in [-0.4, -0.2) is 48.3 Å². The van der Waals surface area contributed by atoms with Crippen LogP contribution in [0.2, 0.25) is 5.02 Å². The molecule has 2 aliphatic heterocycles. The molecule has 0 aromatic heterocycles. The van der Waals surface area contributed by atoms with Crippen LogP contribution in [0.4, 0.5) is 0 Å². The normalized spacial score (nSPS) is 23.5. The standard InChI is InChI=1S/C53H55ClO7/c1-3-38-24-26-39(27-25-38)28-44-29-45(47(55)30-46(44)54)53(36-52(2)37-60-52)51(59-34-43-22-14-7-15-23-43)50(58-33-42-20-12-6-13-21-42)49(57-32-41-18-10-5-11-19-41)48(61-53)35-56-31-40-16-8-4-9-17-40/h4-27,29-30,48-51,55H,3,28,31-37H2,1-2H3/t48-,49-,50+,51-,52?,53-/m1/s1. The van der Waals surface area contributed by atoms with Gasteiger partial charge in [0.05, 0.1) is 45.2 Å². The van der Waals surface area contributed by atoms with Crippen molar-refractivity contribution in [3.05, 3.63) is 207 Å². The van der Waals surface area contributed by atoms with Crippen LogP contribution in [0.3, 0.4) is 0 Å². The van der Waals surface area contributed by atoms with Gasteiger partial charge in [-0.05, 0) is 70.8 Å². The smallest absolute Gasteiger partial charge is 0.129 e. The Balaban J connectivity index is 1.27. The Labute approximate surface area is 365 Å². The maximum Gasteiger partial charge on any atom is 0.129 e. The summed E-state index contributed by atoms with van der Waals surface area (Å²) in [6.07, 6.45) is -1.00. The molecule has 2 aliphatic rings. The molecule has 1 N–H and O–H groups in total. The third-order valence-corrected chi connectivity index (χ3v) is 12.1. The quantitative estimate of drug-likeness (QED) is 0.0814. The molecule has 8 rings (SSSR count). The lowest BCUT2D eigenvalue weighted by Crippen LogP contribution is -2.66. The lowest BCUT2D eigenvalue weighted by Gasteiger charge is -2.54. The van der Waals surface area contributed by atoms with E-state index in [1.807, 2.05) is 115 Å². The monoisotopic (exact) mass is 838 g/mol. The molecule has 61 heavy (non-hydrogen) atoms. The van der Waals surface area contributed by atoms with Crippen molar-refractivity contribution in [2.24, 2.45) is 0 Å². The maximum absolute atomic E-state index is 12.2. The molecule has 0 radical (unpaired) electrons. The Morgan fingerprint density at radius 1 is 0.623 bits per heavy atom. The van der Waals surface area contributed by atoms with Crippen molar-refractivity contribution in [2.45, 2.75) is 95.2 Å². The number of ether oxygens (including phenoxy) is 6. The highest BCUT2D eigenvalue weighted by atomic mass is 35.5. The predicted octanol–water partition coefficient (Wildman–Crippen LogP) is 10.9. The molecule has 0 aliphatic carbocycles. The van der Waals surface area contributed by atoms with Crippen LogP contribution in [0.15, 0.2) is 158 Å². The third-order valence-electron chi connectivity index (χ3n) is 11.8. The summed E-state index contributed by atoms with van der Waals surface area (Å²) in [4.78, 5) is 0. The van der Waals surface area contributed by atoms with Gasteiger partial charge in [-0.25, -0.2) is 0 Å². The molecule has 316 valence electrons. The van der Waals surface area contributed by atoms with Crippen molar-refractivity contribution in [3.63, 3.8) is 0 Å². The second-order valence-electron chi connectivity index (χ2n) is 16.5. The van der Waals surface area contributed by atoms with Crippen LogP contribution in [0, 0.1) is 0 Å². The van der Waals surface area contributed by atoms with E-state index in [0.29, 0.717) is 43.2 Å². The molecule has 6 atom stereocenters. The number of hydrogen-bond donors (Lipinski definition) is 1. The summed E-state index contributed by atoms with van der Waals surface area (Å²) < 4.78 is 41.7. The lowest BCUT2D eigenvalue weighted by molar-refractivity contribution is -0.317. The number of phenols is 1. The molecule has 7 nitrogen and oxygen atoms in total. The highest BCUT2D eigenvalue weighted by Gasteiger charge is 2.62. The second-order valence-corrected chi connectivity index (χ2v) is 16.9. The molecule has 6 aromatic carbocycles. The first-order valence-electron chi connectivity index (χ1n) is 21.3. The zero-order chi connectivity index (χ0) is 42.1. The number of hydrogen-bond acceptors (Lipinski definition) is 7. The van der Waals surface area contributed by atoms with E-state index in [4.69, 9.17) is 40.0 Å². The zero-order valence-corrected chi connectivity index (χ0v) is 35.7. The predicted molar refractivity (Wildman–Crippen MR) is 238 cm³/mol. The fourth-order valence-corrected chi connectivity index (χ4v) is 8.61. The van der Waals surface area contributed by atoms with E-state index in [-0.39, 0.29) is 25.6 Å². The first-order chi connectivity index (χ1) is 29.8. The zero-order valence-electron chi connectivity index (χ0n) is 35.0. The summed E-state index contributed by atoms with van der Waals surface area (Å²) in [5.41, 5.74) is 5.91.